The number of hydrogen-bond donors (Lipinski definition) is 0. The maximum atomic E-state index is 14.4. The number of ether oxygens (including phenoxy) is 1. The van der Waals surface area contributed by atoms with Gasteiger partial charge in [-0.25, -0.2) is 14.1 Å². The van der Waals surface area contributed by atoms with Crippen LogP contribution < -0.4 is 4.90 Å². The maximum absolute atomic E-state index is 14.4. The number of hydrogen-bond acceptors (Lipinski definition) is 5. The van der Waals surface area contributed by atoms with Crippen molar-refractivity contribution in [3.05, 3.63) is 65.5 Å². The van der Waals surface area contributed by atoms with Gasteiger partial charge in [-0.15, -0.1) is 0 Å². The predicted molar refractivity (Wildman–Crippen MR) is 114 cm³/mol. The van der Waals surface area contributed by atoms with Crippen LogP contribution in [0.15, 0.2) is 48.5 Å². The first-order chi connectivity index (χ1) is 15.4. The minimum absolute atomic E-state index is 0.111. The summed E-state index contributed by atoms with van der Waals surface area (Å²) < 4.78 is 19.0. The molecule has 1 aliphatic heterocycles. The Labute approximate surface area is 184 Å². The van der Waals surface area contributed by atoms with E-state index in [2.05, 4.69) is 4.74 Å². The summed E-state index contributed by atoms with van der Waals surface area (Å²) in [6, 6.07) is 10.3. The lowest BCUT2D eigenvalue weighted by atomic mass is 10.1. The Morgan fingerprint density at radius 1 is 1.03 bits per heavy atom. The van der Waals surface area contributed by atoms with E-state index in [1.807, 2.05) is 0 Å². The van der Waals surface area contributed by atoms with Gasteiger partial charge in [-0.2, -0.15) is 0 Å². The minimum atomic E-state index is -1.00. The molecule has 1 saturated heterocycles. The number of halogens is 1. The highest BCUT2D eigenvalue weighted by molar-refractivity contribution is 6.23. The van der Waals surface area contributed by atoms with Crippen LogP contribution in [0.2, 0.25) is 0 Å². The highest BCUT2D eigenvalue weighted by Crippen LogP contribution is 2.33. The fourth-order valence-electron chi connectivity index (χ4n) is 4.49. The zero-order valence-electron chi connectivity index (χ0n) is 17.6. The minimum Gasteiger partial charge on any atom is -0.465 e. The van der Waals surface area contributed by atoms with E-state index in [4.69, 9.17) is 0 Å². The van der Waals surface area contributed by atoms with Gasteiger partial charge < -0.3 is 9.64 Å². The molecule has 0 radical (unpaired) electrons. The van der Waals surface area contributed by atoms with Crippen LogP contribution in [0.1, 0.15) is 52.8 Å². The molecule has 1 atom stereocenters. The first-order valence-electron chi connectivity index (χ1n) is 10.5. The largest absolute Gasteiger partial charge is 0.465 e. The molecule has 0 spiro atoms. The molecule has 2 fully saturated rings. The Balaban J connectivity index is 1.65. The second-order valence-electron chi connectivity index (χ2n) is 7.96. The summed E-state index contributed by atoms with van der Waals surface area (Å²) in [6.45, 7) is 0. The Hall–Kier alpha value is -3.55. The SMILES string of the molecule is COC(=O)c1ccc(N2C(=O)CC(N(C(=O)c3ccccc3F)C3CCCC3)C2=O)cc1. The quantitative estimate of drug-likeness (QED) is 0.528. The van der Waals surface area contributed by atoms with Gasteiger partial charge in [0.25, 0.3) is 11.8 Å². The van der Waals surface area contributed by atoms with Crippen LogP contribution in [0.5, 0.6) is 0 Å². The number of rotatable bonds is 5. The molecular formula is C24H23FN2O5. The van der Waals surface area contributed by atoms with Crippen molar-refractivity contribution < 1.29 is 28.3 Å². The molecule has 1 unspecified atom stereocenters. The van der Waals surface area contributed by atoms with Crippen molar-refractivity contribution in [1.29, 1.82) is 0 Å². The van der Waals surface area contributed by atoms with Crippen molar-refractivity contribution in [2.45, 2.75) is 44.2 Å². The summed E-state index contributed by atoms with van der Waals surface area (Å²) in [5.74, 6) is -2.75. The number of carbonyl (C=O) groups excluding carboxylic acids is 4. The summed E-state index contributed by atoms with van der Waals surface area (Å²) in [6.07, 6.45) is 3.03. The Morgan fingerprint density at radius 3 is 2.31 bits per heavy atom. The summed E-state index contributed by atoms with van der Waals surface area (Å²) in [4.78, 5) is 53.6. The molecule has 32 heavy (non-hydrogen) atoms. The maximum Gasteiger partial charge on any atom is 0.337 e. The molecule has 0 bridgehead atoms. The average Bonchev–Trinajstić information content (AvgIpc) is 3.42. The summed E-state index contributed by atoms with van der Waals surface area (Å²) >= 11 is 0. The average molecular weight is 438 g/mol. The van der Waals surface area contributed by atoms with Gasteiger partial charge in [0, 0.05) is 6.04 Å². The van der Waals surface area contributed by atoms with Crippen LogP contribution in [-0.2, 0) is 14.3 Å². The smallest absolute Gasteiger partial charge is 0.337 e. The van der Waals surface area contributed by atoms with Crippen molar-refractivity contribution in [3.63, 3.8) is 0 Å². The lowest BCUT2D eigenvalue weighted by Crippen LogP contribution is -2.50. The van der Waals surface area contributed by atoms with Crippen LogP contribution >= 0.6 is 0 Å². The van der Waals surface area contributed by atoms with Gasteiger partial charge in [0.2, 0.25) is 5.91 Å². The number of carbonyl (C=O) groups is 4. The lowest BCUT2D eigenvalue weighted by Gasteiger charge is -2.33. The number of esters is 1. The van der Waals surface area contributed by atoms with Gasteiger partial charge in [-0.1, -0.05) is 25.0 Å². The summed E-state index contributed by atoms with van der Waals surface area (Å²) in [5, 5.41) is 0. The molecular weight excluding hydrogens is 415 g/mol. The summed E-state index contributed by atoms with van der Waals surface area (Å²) in [7, 11) is 1.26. The molecule has 4 rings (SSSR count). The molecule has 1 saturated carbocycles. The van der Waals surface area contributed by atoms with Crippen LogP contribution in [0.25, 0.3) is 0 Å². The highest BCUT2D eigenvalue weighted by Gasteiger charge is 2.47. The van der Waals surface area contributed by atoms with Gasteiger partial charge in [-0.05, 0) is 49.2 Å². The Bertz CT molecular complexity index is 1060. The topological polar surface area (TPSA) is 84.0 Å². The molecule has 8 heteroatoms. The van der Waals surface area contributed by atoms with Gasteiger partial charge >= 0.3 is 5.97 Å². The van der Waals surface area contributed by atoms with Crippen LogP contribution in [0, 0.1) is 5.82 Å². The molecule has 2 aromatic carbocycles. The third kappa shape index (κ3) is 3.88. The second kappa shape index (κ2) is 8.90. The molecule has 1 heterocycles. The van der Waals surface area contributed by atoms with E-state index in [1.165, 1.54) is 54.5 Å². The molecule has 7 nitrogen and oxygen atoms in total. The van der Waals surface area contributed by atoms with E-state index in [0.29, 0.717) is 18.5 Å². The lowest BCUT2D eigenvalue weighted by molar-refractivity contribution is -0.123. The fraction of sp³-hybridized carbons (Fsp3) is 0.333. The zero-order chi connectivity index (χ0) is 22.8. The van der Waals surface area contributed by atoms with Crippen LogP contribution in [-0.4, -0.2) is 47.8 Å². The number of methoxy groups -OCH3 is 1. The van der Waals surface area contributed by atoms with Crippen molar-refractivity contribution in [3.8, 4) is 0 Å². The molecule has 166 valence electrons. The van der Waals surface area contributed by atoms with E-state index < -0.39 is 35.5 Å². The van der Waals surface area contributed by atoms with E-state index in [9.17, 15) is 23.6 Å². The zero-order valence-corrected chi connectivity index (χ0v) is 17.6. The number of imide groups is 1. The summed E-state index contributed by atoms with van der Waals surface area (Å²) in [5.41, 5.74) is 0.481. The van der Waals surface area contributed by atoms with Crippen molar-refractivity contribution in [2.75, 3.05) is 12.0 Å². The van der Waals surface area contributed by atoms with E-state index in [1.54, 1.807) is 6.07 Å². The number of benzene rings is 2. The predicted octanol–water partition coefficient (Wildman–Crippen LogP) is 3.33. The van der Waals surface area contributed by atoms with Gasteiger partial charge in [0.15, 0.2) is 0 Å². The van der Waals surface area contributed by atoms with Crippen LogP contribution in [0.3, 0.4) is 0 Å². The Kier molecular flexibility index (Phi) is 6.03. The number of anilines is 1. The molecule has 2 aliphatic rings. The standard InChI is InChI=1S/C24H23FN2O5/c1-32-24(31)15-10-12-17(13-11-15)27-21(28)14-20(23(27)30)26(16-6-2-3-7-16)22(29)18-8-4-5-9-19(18)25/h4-5,8-13,16,20H,2-3,6-7,14H2,1H3. The molecule has 2 aromatic rings. The van der Waals surface area contributed by atoms with Crippen molar-refractivity contribution in [2.24, 2.45) is 0 Å². The molecule has 0 aromatic heterocycles. The molecule has 0 N–H and O–H groups in total. The third-order valence-corrected chi connectivity index (χ3v) is 6.06. The monoisotopic (exact) mass is 438 g/mol. The first-order valence-corrected chi connectivity index (χ1v) is 10.5. The number of nitrogens with zero attached hydrogens (tertiary/aromatic N) is 2. The number of amides is 3. The van der Waals surface area contributed by atoms with Crippen molar-refractivity contribution in [1.82, 2.24) is 4.90 Å². The van der Waals surface area contributed by atoms with E-state index in [0.717, 1.165) is 17.7 Å². The van der Waals surface area contributed by atoms with Gasteiger partial charge in [0.05, 0.1) is 30.3 Å². The second-order valence-corrected chi connectivity index (χ2v) is 7.96. The van der Waals surface area contributed by atoms with E-state index in [-0.39, 0.29) is 23.6 Å². The third-order valence-electron chi connectivity index (χ3n) is 6.06. The highest BCUT2D eigenvalue weighted by atomic mass is 19.1. The van der Waals surface area contributed by atoms with E-state index >= 15 is 0 Å². The van der Waals surface area contributed by atoms with Gasteiger partial charge in [-0.3, -0.25) is 14.4 Å². The van der Waals surface area contributed by atoms with Crippen molar-refractivity contribution >= 4 is 29.4 Å². The first kappa shape index (κ1) is 21.7. The molecule has 1 aliphatic carbocycles. The van der Waals surface area contributed by atoms with Crippen LogP contribution in [0.4, 0.5) is 10.1 Å². The fourth-order valence-corrected chi connectivity index (χ4v) is 4.49. The molecule has 3 amide bonds. The normalized spacial score (nSPS) is 18.8. The van der Waals surface area contributed by atoms with Gasteiger partial charge in [0.1, 0.15) is 11.9 Å². The Morgan fingerprint density at radius 2 is 1.69 bits per heavy atom.